The first-order chi connectivity index (χ1) is 27.6. The van der Waals surface area contributed by atoms with Crippen molar-refractivity contribution in [2.75, 3.05) is 27.8 Å². The molecule has 3 aliphatic carbocycles. The van der Waals surface area contributed by atoms with E-state index in [0.29, 0.717) is 58.5 Å². The predicted octanol–water partition coefficient (Wildman–Crippen LogP) is 8.97. The van der Waals surface area contributed by atoms with Crippen LogP contribution in [0.25, 0.3) is 33.2 Å². The van der Waals surface area contributed by atoms with Crippen LogP contribution in [0.4, 0.5) is 4.39 Å². The van der Waals surface area contributed by atoms with Gasteiger partial charge in [-0.25, -0.2) is 4.39 Å². The first-order valence-electron chi connectivity index (χ1n) is 19.7. The highest BCUT2D eigenvalue weighted by Crippen LogP contribution is 2.54. The molecule has 1 aliphatic heterocycles. The van der Waals surface area contributed by atoms with Gasteiger partial charge in [-0.1, -0.05) is 53.5 Å². The number of carbonyl (C=O) groups excluding carboxylic acids is 2. The molecule has 4 fully saturated rings. The van der Waals surface area contributed by atoms with Crippen molar-refractivity contribution in [3.63, 3.8) is 0 Å². The second-order valence-corrected chi connectivity index (χ2v) is 16.9. The monoisotopic (exact) mass is 811 g/mol. The Morgan fingerprint density at radius 2 is 1.68 bits per heavy atom. The summed E-state index contributed by atoms with van der Waals surface area (Å²) in [6, 6.07) is 19.2. The molecular formula is C45H48Cl2FN5O4. The molecular weight excluding hydrogens is 764 g/mol. The summed E-state index contributed by atoms with van der Waals surface area (Å²) in [4.78, 5) is 25.8. The van der Waals surface area contributed by atoms with E-state index < -0.39 is 5.82 Å². The van der Waals surface area contributed by atoms with Gasteiger partial charge in [0.1, 0.15) is 23.6 Å². The number of halogens is 3. The summed E-state index contributed by atoms with van der Waals surface area (Å²) < 4.78 is 29.2. The van der Waals surface area contributed by atoms with Gasteiger partial charge in [-0.05, 0) is 99.0 Å². The van der Waals surface area contributed by atoms with Crippen molar-refractivity contribution >= 4 is 46.3 Å². The third-order valence-electron chi connectivity index (χ3n) is 12.9. The highest BCUT2D eigenvalue weighted by atomic mass is 35.5. The molecule has 1 saturated heterocycles. The first kappa shape index (κ1) is 39.4. The Labute approximate surface area is 342 Å². The Hall–Kier alpha value is -4.48. The van der Waals surface area contributed by atoms with Gasteiger partial charge in [0.05, 0.1) is 37.5 Å². The number of amides is 1. The highest BCUT2D eigenvalue weighted by molar-refractivity contribution is 6.36. The van der Waals surface area contributed by atoms with E-state index in [0.717, 1.165) is 83.9 Å². The average molecular weight is 813 g/mol. The quantitative estimate of drug-likeness (QED) is 0.108. The molecule has 2 N–H and O–H groups in total. The minimum atomic E-state index is -0.406. The van der Waals surface area contributed by atoms with Crippen molar-refractivity contribution in [2.45, 2.75) is 82.6 Å². The number of nitrogens with zero attached hydrogens (tertiary/aromatic N) is 3. The van der Waals surface area contributed by atoms with Crippen molar-refractivity contribution in [1.82, 2.24) is 25.3 Å². The Morgan fingerprint density at radius 1 is 0.965 bits per heavy atom. The van der Waals surface area contributed by atoms with Crippen molar-refractivity contribution in [3.8, 4) is 33.8 Å². The van der Waals surface area contributed by atoms with Gasteiger partial charge in [-0.2, -0.15) is 5.10 Å². The lowest BCUT2D eigenvalue weighted by molar-refractivity contribution is -0.126. The molecule has 9 rings (SSSR count). The number of nitrogens with one attached hydrogen (secondary N) is 2. The summed E-state index contributed by atoms with van der Waals surface area (Å²) in [5.41, 5.74) is 6.19. The van der Waals surface area contributed by atoms with E-state index in [4.69, 9.17) is 37.8 Å². The van der Waals surface area contributed by atoms with Crippen molar-refractivity contribution < 1.29 is 23.5 Å². The third kappa shape index (κ3) is 7.53. The van der Waals surface area contributed by atoms with Crippen molar-refractivity contribution in [1.29, 1.82) is 0 Å². The minimum absolute atomic E-state index is 0.0379. The summed E-state index contributed by atoms with van der Waals surface area (Å²) in [6.07, 6.45) is 10.3. The smallest absolute Gasteiger partial charge is 0.220 e. The van der Waals surface area contributed by atoms with Gasteiger partial charge in [0, 0.05) is 75.7 Å². The lowest BCUT2D eigenvalue weighted by Gasteiger charge is -2.55. The lowest BCUT2D eigenvalue weighted by atomic mass is 9.57. The summed E-state index contributed by atoms with van der Waals surface area (Å²) in [5.74, 6) is 0.835. The topological polar surface area (TPSA) is 97.7 Å². The Morgan fingerprint density at radius 3 is 2.39 bits per heavy atom. The lowest BCUT2D eigenvalue weighted by Crippen LogP contribution is -2.55. The van der Waals surface area contributed by atoms with E-state index >= 15 is 4.39 Å². The SMILES string of the molecule is COc1cc(Cn2ncc3c(-c4cccc(-c5cc(F)c(CNCC6CCC(=O)N6)c(OC)c5)c4Cl)cccc32)c(Cl)cc1CN(C)C12CCC(C=O)(CC1)CC2. The molecule has 57 heavy (non-hydrogen) atoms. The van der Waals surface area contributed by atoms with E-state index in [1.165, 1.54) is 19.5 Å². The number of aldehydes is 1. The number of fused-ring (bicyclic) bond motifs is 4. The van der Waals surface area contributed by atoms with Crippen LogP contribution in [0.2, 0.25) is 10.0 Å². The fraction of sp³-hybridized carbons (Fsp3) is 0.400. The molecule has 0 radical (unpaired) electrons. The largest absolute Gasteiger partial charge is 0.496 e. The van der Waals surface area contributed by atoms with Gasteiger partial charge >= 0.3 is 0 Å². The van der Waals surface area contributed by atoms with Crippen LogP contribution in [0.1, 0.15) is 68.1 Å². The standard InChI is InChI=1S/C45H48Cl2FN5O4/c1-52(45-15-12-44(27-54,13-16-45)14-17-45)25-30-18-37(46)29(21-40(30)56-2)26-53-39-9-5-7-33(35(39)24-50-53)34-8-4-6-32(43(34)47)28-19-38(48)36(41(20-28)57-3)23-49-22-31-10-11-42(55)51-31/h4-9,18-21,24,27,31,49H,10-17,22-23,25-26H2,1-3H3,(H,51,55). The normalized spacial score (nSPS) is 21.7. The highest BCUT2D eigenvalue weighted by Gasteiger charge is 2.50. The van der Waals surface area contributed by atoms with Gasteiger partial charge in [-0.3, -0.25) is 14.4 Å². The average Bonchev–Trinajstić information content (AvgIpc) is 3.85. The van der Waals surface area contributed by atoms with Gasteiger partial charge in [0.25, 0.3) is 0 Å². The van der Waals surface area contributed by atoms with E-state index in [9.17, 15) is 9.59 Å². The maximum absolute atomic E-state index is 15.7. The third-order valence-corrected chi connectivity index (χ3v) is 13.7. The first-order valence-corrected chi connectivity index (χ1v) is 20.4. The summed E-state index contributed by atoms with van der Waals surface area (Å²) >= 11 is 14.2. The van der Waals surface area contributed by atoms with Crippen LogP contribution in [-0.2, 0) is 29.2 Å². The zero-order valence-corrected chi connectivity index (χ0v) is 34.1. The van der Waals surface area contributed by atoms with Crippen molar-refractivity contribution in [2.24, 2.45) is 5.41 Å². The van der Waals surface area contributed by atoms with E-state index in [1.54, 1.807) is 7.11 Å². The molecule has 12 heteroatoms. The number of benzene rings is 4. The van der Waals surface area contributed by atoms with Crippen LogP contribution in [0.3, 0.4) is 0 Å². The maximum Gasteiger partial charge on any atom is 0.220 e. The number of carbonyl (C=O) groups is 2. The molecule has 0 spiro atoms. The summed E-state index contributed by atoms with van der Waals surface area (Å²) in [5, 5.41) is 13.0. The zero-order valence-electron chi connectivity index (χ0n) is 32.6. The molecule has 5 aromatic rings. The number of rotatable bonds is 14. The Balaban J connectivity index is 1.02. The number of hydrogen-bond donors (Lipinski definition) is 2. The fourth-order valence-electron chi connectivity index (χ4n) is 9.35. The molecule has 4 aromatic carbocycles. The van der Waals surface area contributed by atoms with Gasteiger partial charge in [-0.15, -0.1) is 0 Å². The van der Waals surface area contributed by atoms with Gasteiger partial charge in [0.15, 0.2) is 0 Å². The molecule has 1 unspecified atom stereocenters. The van der Waals surface area contributed by atoms with Crippen LogP contribution >= 0.6 is 23.2 Å². The Bertz CT molecular complexity index is 2320. The zero-order chi connectivity index (χ0) is 39.9. The number of aromatic nitrogens is 2. The molecule has 2 bridgehead atoms. The van der Waals surface area contributed by atoms with E-state index in [1.807, 2.05) is 65.5 Å². The second-order valence-electron chi connectivity index (χ2n) is 16.1. The molecule has 1 atom stereocenters. The predicted molar refractivity (Wildman–Crippen MR) is 222 cm³/mol. The van der Waals surface area contributed by atoms with Gasteiger partial charge in [0.2, 0.25) is 5.91 Å². The van der Waals surface area contributed by atoms with E-state index in [-0.39, 0.29) is 29.4 Å². The van der Waals surface area contributed by atoms with Crippen LogP contribution in [-0.4, -0.2) is 66.3 Å². The van der Waals surface area contributed by atoms with Crippen molar-refractivity contribution in [3.05, 3.63) is 99.4 Å². The Kier molecular flexibility index (Phi) is 11.1. The van der Waals surface area contributed by atoms with Crippen LogP contribution < -0.4 is 20.1 Å². The van der Waals surface area contributed by atoms with Crippen LogP contribution in [0, 0.1) is 11.2 Å². The molecule has 2 heterocycles. The van der Waals surface area contributed by atoms with Gasteiger partial charge < -0.3 is 24.9 Å². The van der Waals surface area contributed by atoms with E-state index in [2.05, 4.69) is 22.6 Å². The molecule has 9 nitrogen and oxygen atoms in total. The second kappa shape index (κ2) is 16.0. The van der Waals surface area contributed by atoms with Crippen LogP contribution in [0.15, 0.2) is 66.9 Å². The molecule has 3 saturated carbocycles. The number of methoxy groups -OCH3 is 2. The minimum Gasteiger partial charge on any atom is -0.496 e. The summed E-state index contributed by atoms with van der Waals surface area (Å²) in [6.45, 7) is 1.93. The molecule has 1 aromatic heterocycles. The maximum atomic E-state index is 15.7. The number of ether oxygens (including phenoxy) is 2. The summed E-state index contributed by atoms with van der Waals surface area (Å²) in [7, 11) is 5.40. The molecule has 298 valence electrons. The molecule has 4 aliphatic rings. The van der Waals surface area contributed by atoms with Crippen LogP contribution in [0.5, 0.6) is 11.5 Å². The molecule has 1 amide bonds. The fourth-order valence-corrected chi connectivity index (χ4v) is 9.93. The number of hydrogen-bond acceptors (Lipinski definition) is 7.